The molecule has 0 radical (unpaired) electrons. The number of benzene rings is 2. The van der Waals surface area contributed by atoms with Gasteiger partial charge in [0, 0.05) is 23.3 Å². The van der Waals surface area contributed by atoms with Gasteiger partial charge in [-0.05, 0) is 37.1 Å². The van der Waals surface area contributed by atoms with Crippen molar-refractivity contribution >= 4 is 17.3 Å². The molecule has 1 fully saturated rings. The Morgan fingerprint density at radius 2 is 1.77 bits per heavy atom. The number of nitrogens with one attached hydrogen (secondary N) is 1. The van der Waals surface area contributed by atoms with Crippen molar-refractivity contribution in [3.63, 3.8) is 0 Å². The summed E-state index contributed by atoms with van der Waals surface area (Å²) in [6.45, 7) is 13.7. The van der Waals surface area contributed by atoms with Crippen LogP contribution in [0, 0.1) is 0 Å². The van der Waals surface area contributed by atoms with Crippen molar-refractivity contribution in [1.82, 2.24) is 5.32 Å². The molecule has 160 valence electrons. The van der Waals surface area contributed by atoms with Crippen molar-refractivity contribution in [2.75, 3.05) is 23.7 Å². The van der Waals surface area contributed by atoms with Crippen LogP contribution in [0.4, 0.5) is 11.4 Å². The van der Waals surface area contributed by atoms with E-state index in [2.05, 4.69) is 67.9 Å². The molecule has 0 spiro atoms. The largest absolute Gasteiger partial charge is 0.399 e. The van der Waals surface area contributed by atoms with Gasteiger partial charge in [0.05, 0.1) is 12.1 Å². The Labute approximate surface area is 181 Å². The number of fused-ring (bicyclic) bond motifs is 4. The summed E-state index contributed by atoms with van der Waals surface area (Å²) < 4.78 is 0. The molecule has 4 rings (SSSR count). The van der Waals surface area contributed by atoms with E-state index in [1.54, 1.807) is 0 Å². The predicted molar refractivity (Wildman–Crippen MR) is 129 cm³/mol. The van der Waals surface area contributed by atoms with Crippen LogP contribution in [0.25, 0.3) is 0 Å². The molecular formula is C26H35N3O. The van der Waals surface area contributed by atoms with E-state index in [-0.39, 0.29) is 16.9 Å². The van der Waals surface area contributed by atoms with Gasteiger partial charge in [-0.2, -0.15) is 0 Å². The zero-order valence-corrected chi connectivity index (χ0v) is 18.7. The molecule has 3 N–H and O–H groups in total. The van der Waals surface area contributed by atoms with Gasteiger partial charge < -0.3 is 16.0 Å². The van der Waals surface area contributed by atoms with Crippen molar-refractivity contribution in [3.8, 4) is 0 Å². The summed E-state index contributed by atoms with van der Waals surface area (Å²) in [6.07, 6.45) is 7.24. The average molecular weight is 406 g/mol. The van der Waals surface area contributed by atoms with Gasteiger partial charge in [0.15, 0.2) is 0 Å². The monoisotopic (exact) mass is 405 g/mol. The first kappa shape index (κ1) is 23.3. The van der Waals surface area contributed by atoms with Gasteiger partial charge in [0.1, 0.15) is 0 Å². The molecule has 2 bridgehead atoms. The number of hydrogen-bond donors (Lipinski definition) is 2. The van der Waals surface area contributed by atoms with E-state index in [1.807, 2.05) is 49.4 Å². The van der Waals surface area contributed by atoms with Crippen molar-refractivity contribution in [2.24, 2.45) is 0 Å². The number of hydrogen-bond acceptors (Lipinski definition) is 3. The second-order valence-electron chi connectivity index (χ2n) is 8.11. The highest BCUT2D eigenvalue weighted by Crippen LogP contribution is 2.46. The highest BCUT2D eigenvalue weighted by molar-refractivity contribution is 5.86. The standard InChI is InChI=1S/C15H18N2O.C6H7N.C5H10/c1-4-15-10-17(9-13(18)16-15)12-8-6-5-7-11(12)14(15,2)3;7-6-4-2-1-3-5-6;1-3-5-4-2/h4-8H,1,9-10H2,2-3H3,(H,16,18);1-5H,7H2;3,5H,4H2,1-2H3/b;;5-3+. The molecule has 1 amide bonds. The molecular weight excluding hydrogens is 370 g/mol. The molecule has 1 saturated heterocycles. The van der Waals surface area contributed by atoms with E-state index < -0.39 is 0 Å². The quantitative estimate of drug-likeness (QED) is 0.541. The van der Waals surface area contributed by atoms with Crippen LogP contribution in [0.15, 0.2) is 79.4 Å². The lowest BCUT2D eigenvalue weighted by Crippen LogP contribution is -2.72. The Bertz CT molecular complexity index is 873. The van der Waals surface area contributed by atoms with Crippen LogP contribution in [0.2, 0.25) is 0 Å². The zero-order chi connectivity index (χ0) is 22.2. The van der Waals surface area contributed by atoms with Crippen molar-refractivity contribution in [2.45, 2.75) is 45.1 Å². The van der Waals surface area contributed by atoms with Gasteiger partial charge >= 0.3 is 0 Å². The fourth-order valence-electron chi connectivity index (χ4n) is 3.96. The Balaban J connectivity index is 0.000000220. The molecule has 30 heavy (non-hydrogen) atoms. The average Bonchev–Trinajstić information content (AvgIpc) is 2.74. The Hall–Kier alpha value is -3.01. The van der Waals surface area contributed by atoms with Crippen LogP contribution >= 0.6 is 0 Å². The molecule has 4 nitrogen and oxygen atoms in total. The molecule has 2 aliphatic rings. The normalized spacial score (nSPS) is 20.7. The molecule has 2 aromatic rings. The summed E-state index contributed by atoms with van der Waals surface area (Å²) in [7, 11) is 0. The number of anilines is 2. The van der Waals surface area contributed by atoms with Gasteiger partial charge in [0.25, 0.3) is 0 Å². The van der Waals surface area contributed by atoms with Gasteiger partial charge in [-0.1, -0.05) is 75.4 Å². The van der Waals surface area contributed by atoms with Crippen LogP contribution in [-0.4, -0.2) is 24.5 Å². The maximum absolute atomic E-state index is 11.9. The fourth-order valence-corrected chi connectivity index (χ4v) is 3.96. The highest BCUT2D eigenvalue weighted by Gasteiger charge is 2.53. The summed E-state index contributed by atoms with van der Waals surface area (Å²) in [5.74, 6) is 0.0729. The smallest absolute Gasteiger partial charge is 0.240 e. The molecule has 2 aromatic carbocycles. The number of carbonyl (C=O) groups is 1. The molecule has 2 aliphatic heterocycles. The van der Waals surface area contributed by atoms with Gasteiger partial charge in [-0.15, -0.1) is 6.58 Å². The summed E-state index contributed by atoms with van der Waals surface area (Å²) in [5.41, 5.74) is 8.10. The second-order valence-corrected chi connectivity index (χ2v) is 8.11. The topological polar surface area (TPSA) is 58.4 Å². The number of rotatable bonds is 2. The minimum absolute atomic E-state index is 0.0729. The summed E-state index contributed by atoms with van der Waals surface area (Å²) in [6, 6.07) is 17.8. The van der Waals surface area contributed by atoms with E-state index >= 15 is 0 Å². The fraction of sp³-hybridized carbons (Fsp3) is 0.346. The van der Waals surface area contributed by atoms with Crippen LogP contribution in [0.1, 0.15) is 39.7 Å². The van der Waals surface area contributed by atoms with Crippen molar-refractivity contribution < 1.29 is 4.79 Å². The van der Waals surface area contributed by atoms with Crippen molar-refractivity contribution in [1.29, 1.82) is 0 Å². The number of allylic oxidation sites excluding steroid dienone is 2. The summed E-state index contributed by atoms with van der Waals surface area (Å²) in [5, 5.41) is 3.14. The molecule has 1 unspecified atom stereocenters. The van der Waals surface area contributed by atoms with Gasteiger partial charge in [0.2, 0.25) is 5.91 Å². The second kappa shape index (κ2) is 10.1. The third kappa shape index (κ3) is 4.93. The maximum Gasteiger partial charge on any atom is 0.240 e. The molecule has 0 aliphatic carbocycles. The first-order valence-electron chi connectivity index (χ1n) is 10.5. The Morgan fingerprint density at radius 3 is 2.27 bits per heavy atom. The lowest BCUT2D eigenvalue weighted by atomic mass is 9.63. The minimum Gasteiger partial charge on any atom is -0.399 e. The summed E-state index contributed by atoms with van der Waals surface area (Å²) >= 11 is 0. The summed E-state index contributed by atoms with van der Waals surface area (Å²) in [4.78, 5) is 14.1. The highest BCUT2D eigenvalue weighted by atomic mass is 16.2. The van der Waals surface area contributed by atoms with Gasteiger partial charge in [-0.3, -0.25) is 4.79 Å². The van der Waals surface area contributed by atoms with Crippen LogP contribution < -0.4 is 16.0 Å². The first-order valence-corrected chi connectivity index (χ1v) is 10.5. The van der Waals surface area contributed by atoms with E-state index in [1.165, 1.54) is 11.3 Å². The number of nitrogens with zero attached hydrogens (tertiary/aromatic N) is 1. The number of piperazine rings is 1. The Kier molecular flexibility index (Phi) is 7.87. The maximum atomic E-state index is 11.9. The van der Waals surface area contributed by atoms with Crippen LogP contribution in [0.3, 0.4) is 0 Å². The Morgan fingerprint density at radius 1 is 1.13 bits per heavy atom. The third-order valence-electron chi connectivity index (χ3n) is 5.79. The van der Waals surface area contributed by atoms with E-state index in [0.717, 1.165) is 18.7 Å². The molecule has 2 heterocycles. The van der Waals surface area contributed by atoms with E-state index in [0.29, 0.717) is 6.54 Å². The van der Waals surface area contributed by atoms with E-state index in [9.17, 15) is 4.79 Å². The van der Waals surface area contributed by atoms with Crippen LogP contribution in [0.5, 0.6) is 0 Å². The molecule has 4 heteroatoms. The minimum atomic E-state index is -0.378. The van der Waals surface area contributed by atoms with Gasteiger partial charge in [-0.25, -0.2) is 0 Å². The lowest BCUT2D eigenvalue weighted by molar-refractivity contribution is -0.123. The SMILES string of the molecule is C/C=C/CC.C=CC12CN(CC(=O)N1)c1ccccc1C2(C)C.Nc1ccccc1. The number of nitrogen functional groups attached to an aromatic ring is 1. The molecule has 0 saturated carbocycles. The third-order valence-corrected chi connectivity index (χ3v) is 5.79. The number of nitrogens with two attached hydrogens (primary N) is 1. The lowest BCUT2D eigenvalue weighted by Gasteiger charge is -2.56. The predicted octanol–water partition coefficient (Wildman–Crippen LogP) is 5.08. The van der Waals surface area contributed by atoms with Crippen molar-refractivity contribution in [3.05, 3.63) is 85.0 Å². The molecule has 0 aromatic heterocycles. The number of para-hydroxylation sites is 2. The zero-order valence-electron chi connectivity index (χ0n) is 18.7. The van der Waals surface area contributed by atoms with Crippen LogP contribution in [-0.2, 0) is 10.2 Å². The van der Waals surface area contributed by atoms with E-state index in [4.69, 9.17) is 5.73 Å². The first-order chi connectivity index (χ1) is 14.3. The number of amides is 1. The molecule has 1 atom stereocenters. The number of carbonyl (C=O) groups excluding carboxylic acids is 1.